The summed E-state index contributed by atoms with van der Waals surface area (Å²) in [4.78, 5) is 0. The van der Waals surface area contributed by atoms with Crippen molar-refractivity contribution >= 4 is 0 Å². The van der Waals surface area contributed by atoms with Gasteiger partial charge in [0.25, 0.3) is 0 Å². The molecule has 2 heteroatoms. The van der Waals surface area contributed by atoms with Crippen molar-refractivity contribution in [2.45, 2.75) is 65.3 Å². The van der Waals surface area contributed by atoms with Gasteiger partial charge in [-0.3, -0.25) is 0 Å². The van der Waals surface area contributed by atoms with Crippen molar-refractivity contribution in [1.82, 2.24) is 10.6 Å². The van der Waals surface area contributed by atoms with Gasteiger partial charge in [-0.15, -0.1) is 0 Å². The number of rotatable bonds is 3. The van der Waals surface area contributed by atoms with Crippen LogP contribution >= 0.6 is 0 Å². The van der Waals surface area contributed by atoms with Crippen molar-refractivity contribution in [3.05, 3.63) is 0 Å². The Labute approximate surface area is 113 Å². The van der Waals surface area contributed by atoms with Gasteiger partial charge in [0.05, 0.1) is 0 Å². The van der Waals surface area contributed by atoms with Crippen molar-refractivity contribution in [3.63, 3.8) is 0 Å². The van der Waals surface area contributed by atoms with Gasteiger partial charge in [-0.1, -0.05) is 33.6 Å². The number of hydrogen-bond acceptors (Lipinski definition) is 2. The van der Waals surface area contributed by atoms with Crippen LogP contribution in [0.3, 0.4) is 0 Å². The van der Waals surface area contributed by atoms with Crippen molar-refractivity contribution < 1.29 is 0 Å². The van der Waals surface area contributed by atoms with E-state index >= 15 is 0 Å². The van der Waals surface area contributed by atoms with Crippen molar-refractivity contribution in [2.75, 3.05) is 19.6 Å². The predicted octanol–water partition coefficient (Wildman–Crippen LogP) is 3.18. The van der Waals surface area contributed by atoms with Crippen LogP contribution in [-0.4, -0.2) is 25.7 Å². The summed E-state index contributed by atoms with van der Waals surface area (Å²) in [6.45, 7) is 10.9. The average molecular weight is 252 g/mol. The molecule has 2 aliphatic rings. The Morgan fingerprint density at radius 2 is 1.83 bits per heavy atom. The number of nitrogens with one attached hydrogen (secondary N) is 2. The standard InChI is InChI=1S/C16H32N2/c1-16(2,3)14-8-4-5-9-15(14)18-12-13-7-6-10-17-11-13/h13-15,17-18H,4-12H2,1-3H3. The molecule has 106 valence electrons. The molecule has 3 atom stereocenters. The third kappa shape index (κ3) is 3.96. The van der Waals surface area contributed by atoms with Gasteiger partial charge in [0.2, 0.25) is 0 Å². The molecule has 0 amide bonds. The SMILES string of the molecule is CC(C)(C)C1CCCCC1NCC1CCCNC1. The monoisotopic (exact) mass is 252 g/mol. The largest absolute Gasteiger partial charge is 0.316 e. The summed E-state index contributed by atoms with van der Waals surface area (Å²) in [5, 5.41) is 7.43. The van der Waals surface area contributed by atoms with Gasteiger partial charge in [0.15, 0.2) is 0 Å². The molecule has 18 heavy (non-hydrogen) atoms. The average Bonchev–Trinajstić information content (AvgIpc) is 2.37. The van der Waals surface area contributed by atoms with E-state index in [0.29, 0.717) is 5.41 Å². The van der Waals surface area contributed by atoms with E-state index in [-0.39, 0.29) is 0 Å². The fourth-order valence-corrected chi connectivity index (χ4v) is 3.83. The molecule has 1 heterocycles. The van der Waals surface area contributed by atoms with Crippen LogP contribution in [0.5, 0.6) is 0 Å². The van der Waals surface area contributed by atoms with Gasteiger partial charge in [0, 0.05) is 6.04 Å². The fraction of sp³-hybridized carbons (Fsp3) is 1.00. The van der Waals surface area contributed by atoms with Gasteiger partial charge in [-0.2, -0.15) is 0 Å². The van der Waals surface area contributed by atoms with Crippen LogP contribution in [-0.2, 0) is 0 Å². The Hall–Kier alpha value is -0.0800. The molecule has 0 bridgehead atoms. The summed E-state index contributed by atoms with van der Waals surface area (Å²) in [6.07, 6.45) is 8.44. The molecule has 2 fully saturated rings. The van der Waals surface area contributed by atoms with E-state index in [1.54, 1.807) is 0 Å². The third-order valence-corrected chi connectivity index (χ3v) is 4.95. The summed E-state index contributed by atoms with van der Waals surface area (Å²) in [5.41, 5.74) is 0.461. The first-order valence-electron chi connectivity index (χ1n) is 8.01. The third-order valence-electron chi connectivity index (χ3n) is 4.95. The minimum atomic E-state index is 0.461. The maximum absolute atomic E-state index is 3.91. The second-order valence-electron chi connectivity index (χ2n) is 7.48. The summed E-state index contributed by atoms with van der Waals surface area (Å²) in [7, 11) is 0. The zero-order valence-corrected chi connectivity index (χ0v) is 12.6. The van der Waals surface area contributed by atoms with E-state index < -0.39 is 0 Å². The first-order chi connectivity index (χ1) is 8.57. The van der Waals surface area contributed by atoms with Crippen molar-refractivity contribution in [3.8, 4) is 0 Å². The van der Waals surface area contributed by atoms with Gasteiger partial charge < -0.3 is 10.6 Å². The summed E-state index contributed by atoms with van der Waals surface area (Å²) < 4.78 is 0. The lowest BCUT2D eigenvalue weighted by Gasteiger charge is -2.41. The molecule has 0 aromatic carbocycles. The molecule has 1 aliphatic heterocycles. The molecule has 0 radical (unpaired) electrons. The van der Waals surface area contributed by atoms with E-state index in [9.17, 15) is 0 Å². The normalized spacial score (nSPS) is 34.5. The Morgan fingerprint density at radius 3 is 2.50 bits per heavy atom. The van der Waals surface area contributed by atoms with Crippen molar-refractivity contribution in [1.29, 1.82) is 0 Å². The van der Waals surface area contributed by atoms with E-state index in [0.717, 1.165) is 17.9 Å². The van der Waals surface area contributed by atoms with Gasteiger partial charge in [-0.25, -0.2) is 0 Å². The van der Waals surface area contributed by atoms with Crippen LogP contribution < -0.4 is 10.6 Å². The molecule has 1 aliphatic carbocycles. The molecule has 2 N–H and O–H groups in total. The fourth-order valence-electron chi connectivity index (χ4n) is 3.83. The molecular formula is C16H32N2. The molecule has 0 aromatic rings. The van der Waals surface area contributed by atoms with Crippen LogP contribution in [0.25, 0.3) is 0 Å². The van der Waals surface area contributed by atoms with Crippen LogP contribution in [0.15, 0.2) is 0 Å². The predicted molar refractivity (Wildman–Crippen MR) is 78.8 cm³/mol. The second-order valence-corrected chi connectivity index (χ2v) is 7.48. The van der Waals surface area contributed by atoms with E-state index in [1.807, 2.05) is 0 Å². The maximum Gasteiger partial charge on any atom is 0.0100 e. The van der Waals surface area contributed by atoms with Crippen LogP contribution in [0, 0.1) is 17.3 Å². The highest BCUT2D eigenvalue weighted by Gasteiger charge is 2.34. The highest BCUT2D eigenvalue weighted by Crippen LogP contribution is 2.38. The van der Waals surface area contributed by atoms with Crippen LogP contribution in [0.1, 0.15) is 59.3 Å². The van der Waals surface area contributed by atoms with Crippen molar-refractivity contribution in [2.24, 2.45) is 17.3 Å². The first-order valence-corrected chi connectivity index (χ1v) is 8.01. The molecular weight excluding hydrogens is 220 g/mol. The lowest BCUT2D eigenvalue weighted by molar-refractivity contribution is 0.126. The lowest BCUT2D eigenvalue weighted by Crippen LogP contribution is -2.47. The molecule has 3 unspecified atom stereocenters. The number of hydrogen-bond donors (Lipinski definition) is 2. The quantitative estimate of drug-likeness (QED) is 0.806. The molecule has 0 spiro atoms. The smallest absolute Gasteiger partial charge is 0.0100 e. The van der Waals surface area contributed by atoms with E-state index in [1.165, 1.54) is 58.2 Å². The van der Waals surface area contributed by atoms with Gasteiger partial charge >= 0.3 is 0 Å². The molecule has 1 saturated carbocycles. The Balaban J connectivity index is 1.81. The Morgan fingerprint density at radius 1 is 1.06 bits per heavy atom. The molecule has 2 rings (SSSR count). The van der Waals surface area contributed by atoms with Gasteiger partial charge in [0.1, 0.15) is 0 Å². The molecule has 0 aromatic heterocycles. The lowest BCUT2D eigenvalue weighted by atomic mass is 9.69. The molecule has 2 nitrogen and oxygen atoms in total. The summed E-state index contributed by atoms with van der Waals surface area (Å²) in [6, 6.07) is 0.765. The highest BCUT2D eigenvalue weighted by atomic mass is 15.0. The second kappa shape index (κ2) is 6.38. The Kier molecular flexibility index (Phi) is 5.08. The van der Waals surface area contributed by atoms with Crippen LogP contribution in [0.2, 0.25) is 0 Å². The summed E-state index contributed by atoms with van der Waals surface area (Å²) in [5.74, 6) is 1.73. The maximum atomic E-state index is 3.91. The minimum Gasteiger partial charge on any atom is -0.316 e. The highest BCUT2D eigenvalue weighted by molar-refractivity contribution is 4.89. The zero-order valence-electron chi connectivity index (χ0n) is 12.6. The summed E-state index contributed by atoms with van der Waals surface area (Å²) >= 11 is 0. The van der Waals surface area contributed by atoms with Crippen LogP contribution in [0.4, 0.5) is 0 Å². The van der Waals surface area contributed by atoms with E-state index in [2.05, 4.69) is 31.4 Å². The minimum absolute atomic E-state index is 0.461. The van der Waals surface area contributed by atoms with Gasteiger partial charge in [-0.05, 0) is 62.6 Å². The number of piperidine rings is 1. The van der Waals surface area contributed by atoms with E-state index in [4.69, 9.17) is 0 Å². The zero-order chi connectivity index (χ0) is 13.0. The first kappa shape index (κ1) is 14.3. The topological polar surface area (TPSA) is 24.1 Å². The molecule has 1 saturated heterocycles. The Bertz CT molecular complexity index is 238.